The lowest BCUT2D eigenvalue weighted by Crippen LogP contribution is -2.14. The lowest BCUT2D eigenvalue weighted by Gasteiger charge is -2.00. The van der Waals surface area contributed by atoms with E-state index in [2.05, 4.69) is 4.99 Å². The largest absolute Gasteiger partial charge is 0.480 e. The second kappa shape index (κ2) is 3.76. The van der Waals surface area contributed by atoms with E-state index in [0.29, 0.717) is 6.42 Å². The van der Waals surface area contributed by atoms with Gasteiger partial charge in [0.25, 0.3) is 0 Å². The topological polar surface area (TPSA) is 49.7 Å². The van der Waals surface area contributed by atoms with Crippen molar-refractivity contribution >= 4 is 23.9 Å². The molecule has 1 N–H and O–H groups in total. The van der Waals surface area contributed by atoms with Gasteiger partial charge in [0.2, 0.25) is 0 Å². The molecule has 1 heterocycles. The second-order valence-corrected chi connectivity index (χ2v) is 3.69. The van der Waals surface area contributed by atoms with Crippen LogP contribution in [0.1, 0.15) is 13.3 Å². The highest BCUT2D eigenvalue weighted by atomic mass is 32.2. The first-order valence-corrected chi connectivity index (χ1v) is 4.61. The lowest BCUT2D eigenvalue weighted by molar-refractivity contribution is -0.136. The van der Waals surface area contributed by atoms with Gasteiger partial charge in [0.05, 0.1) is 6.04 Å². The van der Waals surface area contributed by atoms with Gasteiger partial charge < -0.3 is 5.11 Å². The van der Waals surface area contributed by atoms with Crippen molar-refractivity contribution in [2.75, 3.05) is 5.75 Å². The van der Waals surface area contributed by atoms with E-state index in [1.165, 1.54) is 11.8 Å². The van der Waals surface area contributed by atoms with Gasteiger partial charge in [-0.1, -0.05) is 0 Å². The molecule has 1 aliphatic heterocycles. The SMILES string of the molecule is CC=N[C@@H]1CS[C@H](C(=O)O)C1. The van der Waals surface area contributed by atoms with E-state index in [1.54, 1.807) is 6.21 Å². The molecular formula is C7H11NO2S. The Morgan fingerprint density at radius 1 is 1.82 bits per heavy atom. The van der Waals surface area contributed by atoms with Crippen LogP contribution in [0.4, 0.5) is 0 Å². The molecule has 4 heteroatoms. The van der Waals surface area contributed by atoms with Crippen LogP contribution in [0, 0.1) is 0 Å². The summed E-state index contributed by atoms with van der Waals surface area (Å²) in [5, 5.41) is 8.39. The van der Waals surface area contributed by atoms with Gasteiger partial charge in [-0.3, -0.25) is 9.79 Å². The van der Waals surface area contributed by atoms with Gasteiger partial charge in [-0.2, -0.15) is 0 Å². The van der Waals surface area contributed by atoms with Crippen LogP contribution in [0.5, 0.6) is 0 Å². The van der Waals surface area contributed by atoms with Crippen LogP contribution in [-0.2, 0) is 4.79 Å². The summed E-state index contributed by atoms with van der Waals surface area (Å²) < 4.78 is 0. The number of nitrogens with zero attached hydrogens (tertiary/aromatic N) is 1. The molecule has 1 aliphatic rings. The summed E-state index contributed by atoms with van der Waals surface area (Å²) in [6.07, 6.45) is 2.43. The molecule has 0 aromatic heterocycles. The number of carboxylic acids is 1. The number of aliphatic imine (C=N–C) groups is 1. The number of thioether (sulfide) groups is 1. The van der Waals surface area contributed by atoms with Crippen molar-refractivity contribution in [1.82, 2.24) is 0 Å². The van der Waals surface area contributed by atoms with E-state index in [4.69, 9.17) is 5.11 Å². The number of rotatable bonds is 2. The van der Waals surface area contributed by atoms with Crippen molar-refractivity contribution in [1.29, 1.82) is 0 Å². The Labute approximate surface area is 69.9 Å². The third-order valence-corrected chi connectivity index (χ3v) is 2.98. The first-order chi connectivity index (χ1) is 5.24. The molecule has 0 aliphatic carbocycles. The standard InChI is InChI=1S/C7H11NO2S/c1-2-8-5-3-6(7(9)10)11-4-5/h2,5-6H,3-4H2,1H3,(H,9,10)/t5-,6-/m0/s1. The molecule has 62 valence electrons. The average molecular weight is 173 g/mol. The summed E-state index contributed by atoms with van der Waals surface area (Å²) in [7, 11) is 0. The predicted octanol–water partition coefficient (Wildman–Crippen LogP) is 1.04. The van der Waals surface area contributed by atoms with Crippen molar-refractivity contribution in [3.8, 4) is 0 Å². The maximum atomic E-state index is 10.5. The van der Waals surface area contributed by atoms with Crippen molar-refractivity contribution in [3.63, 3.8) is 0 Å². The Kier molecular flexibility index (Phi) is 2.93. The highest BCUT2D eigenvalue weighted by Crippen LogP contribution is 2.28. The first-order valence-electron chi connectivity index (χ1n) is 3.56. The number of carboxylic acid groups (broad SMARTS) is 1. The van der Waals surface area contributed by atoms with Crippen LogP contribution in [0.25, 0.3) is 0 Å². The predicted molar refractivity (Wildman–Crippen MR) is 46.5 cm³/mol. The molecule has 3 nitrogen and oxygen atoms in total. The molecular weight excluding hydrogens is 162 g/mol. The molecule has 0 spiro atoms. The summed E-state index contributed by atoms with van der Waals surface area (Å²) in [6.45, 7) is 1.86. The fourth-order valence-electron chi connectivity index (χ4n) is 1.10. The van der Waals surface area contributed by atoms with Crippen molar-refractivity contribution in [3.05, 3.63) is 0 Å². The molecule has 0 aromatic carbocycles. The van der Waals surface area contributed by atoms with E-state index in [-0.39, 0.29) is 11.3 Å². The minimum Gasteiger partial charge on any atom is -0.480 e. The molecule has 11 heavy (non-hydrogen) atoms. The van der Waals surface area contributed by atoms with Crippen molar-refractivity contribution in [2.45, 2.75) is 24.6 Å². The summed E-state index contributed by atoms with van der Waals surface area (Å²) in [6, 6.07) is 0.228. The van der Waals surface area contributed by atoms with E-state index in [1.807, 2.05) is 6.92 Å². The zero-order valence-electron chi connectivity index (χ0n) is 6.36. The zero-order chi connectivity index (χ0) is 8.27. The molecule has 1 fully saturated rings. The van der Waals surface area contributed by atoms with Crippen LogP contribution in [-0.4, -0.2) is 34.3 Å². The molecule has 0 bridgehead atoms. The van der Waals surface area contributed by atoms with Gasteiger partial charge in [-0.15, -0.1) is 11.8 Å². The van der Waals surface area contributed by atoms with Crippen LogP contribution < -0.4 is 0 Å². The summed E-state index contributed by atoms with van der Waals surface area (Å²) in [5.74, 6) is 0.144. The van der Waals surface area contributed by atoms with Gasteiger partial charge in [0.1, 0.15) is 5.25 Å². The minimum absolute atomic E-state index is 0.228. The monoisotopic (exact) mass is 173 g/mol. The Hall–Kier alpha value is -0.510. The third kappa shape index (κ3) is 2.22. The van der Waals surface area contributed by atoms with Crippen molar-refractivity contribution < 1.29 is 9.90 Å². The molecule has 2 atom stereocenters. The normalized spacial score (nSPS) is 31.4. The molecule has 1 rings (SSSR count). The van der Waals surface area contributed by atoms with Crippen LogP contribution in [0.2, 0.25) is 0 Å². The third-order valence-electron chi connectivity index (χ3n) is 1.61. The van der Waals surface area contributed by atoms with Crippen LogP contribution >= 0.6 is 11.8 Å². The van der Waals surface area contributed by atoms with Crippen LogP contribution in [0.3, 0.4) is 0 Å². The molecule has 0 unspecified atom stereocenters. The smallest absolute Gasteiger partial charge is 0.316 e. The van der Waals surface area contributed by atoms with E-state index < -0.39 is 5.97 Å². The van der Waals surface area contributed by atoms with Crippen LogP contribution in [0.15, 0.2) is 4.99 Å². The number of aliphatic carboxylic acids is 1. The van der Waals surface area contributed by atoms with Gasteiger partial charge >= 0.3 is 5.97 Å². The van der Waals surface area contributed by atoms with Gasteiger partial charge in [-0.25, -0.2) is 0 Å². The quantitative estimate of drug-likeness (QED) is 0.635. The fourth-order valence-corrected chi connectivity index (χ4v) is 2.27. The Balaban J connectivity index is 2.40. The number of hydrogen-bond donors (Lipinski definition) is 1. The molecule has 0 aromatic rings. The highest BCUT2D eigenvalue weighted by molar-refractivity contribution is 8.00. The Morgan fingerprint density at radius 3 is 3.00 bits per heavy atom. The van der Waals surface area contributed by atoms with E-state index in [0.717, 1.165) is 5.75 Å². The highest BCUT2D eigenvalue weighted by Gasteiger charge is 2.29. The maximum Gasteiger partial charge on any atom is 0.316 e. The van der Waals surface area contributed by atoms with Crippen molar-refractivity contribution in [2.24, 2.45) is 4.99 Å². The lowest BCUT2D eigenvalue weighted by atomic mass is 10.2. The van der Waals surface area contributed by atoms with Gasteiger partial charge in [-0.05, 0) is 19.6 Å². The zero-order valence-corrected chi connectivity index (χ0v) is 7.17. The average Bonchev–Trinajstić information content (AvgIpc) is 2.37. The maximum absolute atomic E-state index is 10.5. The number of hydrogen-bond acceptors (Lipinski definition) is 3. The first kappa shape index (κ1) is 8.59. The minimum atomic E-state index is -0.705. The molecule has 0 amide bonds. The Bertz CT molecular complexity index is 181. The van der Waals surface area contributed by atoms with E-state index >= 15 is 0 Å². The van der Waals surface area contributed by atoms with E-state index in [9.17, 15) is 4.79 Å². The second-order valence-electron chi connectivity index (χ2n) is 2.46. The van der Waals surface area contributed by atoms with Gasteiger partial charge in [0.15, 0.2) is 0 Å². The molecule has 0 radical (unpaired) electrons. The summed E-state index contributed by atoms with van der Waals surface area (Å²) in [4.78, 5) is 14.6. The summed E-state index contributed by atoms with van der Waals surface area (Å²) >= 11 is 1.49. The Morgan fingerprint density at radius 2 is 2.55 bits per heavy atom. The summed E-state index contributed by atoms with van der Waals surface area (Å²) in [5.41, 5.74) is 0. The van der Waals surface area contributed by atoms with Gasteiger partial charge in [0, 0.05) is 5.75 Å². The fraction of sp³-hybridized carbons (Fsp3) is 0.714. The molecule has 1 saturated heterocycles. The molecule has 0 saturated carbocycles. The number of carbonyl (C=O) groups is 1.